The number of ether oxygens (including phenoxy) is 1. The predicted octanol–water partition coefficient (Wildman–Crippen LogP) is 2.68. The lowest BCUT2D eigenvalue weighted by Gasteiger charge is -2.05. The maximum atomic E-state index is 12.1. The van der Waals surface area contributed by atoms with Crippen LogP contribution in [0.25, 0.3) is 0 Å². The van der Waals surface area contributed by atoms with Gasteiger partial charge >= 0.3 is 5.97 Å². The first-order chi connectivity index (χ1) is 9.51. The molecule has 0 spiro atoms. The zero-order chi connectivity index (χ0) is 14.7. The molecule has 0 aliphatic rings. The Hall–Kier alpha value is -2.34. The zero-order valence-electron chi connectivity index (χ0n) is 11.1. The summed E-state index contributed by atoms with van der Waals surface area (Å²) in [5.74, 6) is -0.700. The summed E-state index contributed by atoms with van der Waals surface area (Å²) >= 11 is 1.33. The molecule has 20 heavy (non-hydrogen) atoms. The third-order valence-corrected chi connectivity index (χ3v) is 3.79. The van der Waals surface area contributed by atoms with Crippen LogP contribution in [0.1, 0.15) is 24.9 Å². The highest BCUT2D eigenvalue weighted by molar-refractivity contribution is 7.14. The van der Waals surface area contributed by atoms with Gasteiger partial charge in [0.25, 0.3) is 5.91 Å². The Morgan fingerprint density at radius 3 is 2.65 bits per heavy atom. The van der Waals surface area contributed by atoms with E-state index in [1.165, 1.54) is 18.4 Å². The Morgan fingerprint density at radius 2 is 2.05 bits per heavy atom. The van der Waals surface area contributed by atoms with Gasteiger partial charge < -0.3 is 15.8 Å². The molecule has 0 saturated heterocycles. The highest BCUT2D eigenvalue weighted by atomic mass is 32.1. The minimum atomic E-state index is -0.447. The van der Waals surface area contributed by atoms with Gasteiger partial charge in [-0.2, -0.15) is 0 Å². The molecule has 0 saturated carbocycles. The number of anilines is 2. The molecule has 2 aromatic rings. The standard InChI is InChI=1S/C14H14N2O3S/c1-8-11(15)7-12(20-8)13(17)16-10-5-3-4-9(6-10)14(18)19-2/h3-7H,15H2,1-2H3,(H,16,17). The lowest BCUT2D eigenvalue weighted by molar-refractivity contribution is 0.0600. The molecular formula is C14H14N2O3S. The van der Waals surface area contributed by atoms with Crippen molar-refractivity contribution in [3.63, 3.8) is 0 Å². The molecule has 1 heterocycles. The number of nitrogens with one attached hydrogen (secondary N) is 1. The summed E-state index contributed by atoms with van der Waals surface area (Å²) in [6.45, 7) is 1.86. The Balaban J connectivity index is 2.17. The fourth-order valence-corrected chi connectivity index (χ4v) is 2.48. The molecule has 0 atom stereocenters. The van der Waals surface area contributed by atoms with Gasteiger partial charge in [0.05, 0.1) is 17.6 Å². The first-order valence-corrected chi connectivity index (χ1v) is 6.68. The second-order valence-electron chi connectivity index (χ2n) is 4.15. The quantitative estimate of drug-likeness (QED) is 0.851. The fourth-order valence-electron chi connectivity index (χ4n) is 1.64. The van der Waals surface area contributed by atoms with Crippen LogP contribution in [0.5, 0.6) is 0 Å². The van der Waals surface area contributed by atoms with E-state index in [9.17, 15) is 9.59 Å². The smallest absolute Gasteiger partial charge is 0.337 e. The first-order valence-electron chi connectivity index (χ1n) is 5.87. The number of methoxy groups -OCH3 is 1. The predicted molar refractivity (Wildman–Crippen MR) is 79.2 cm³/mol. The summed E-state index contributed by atoms with van der Waals surface area (Å²) in [6.07, 6.45) is 0. The lowest BCUT2D eigenvalue weighted by Crippen LogP contribution is -2.11. The molecule has 0 unspecified atom stereocenters. The third kappa shape index (κ3) is 2.97. The van der Waals surface area contributed by atoms with Crippen LogP contribution in [0.3, 0.4) is 0 Å². The van der Waals surface area contributed by atoms with Gasteiger partial charge in [-0.1, -0.05) is 6.07 Å². The minimum Gasteiger partial charge on any atom is -0.465 e. The summed E-state index contributed by atoms with van der Waals surface area (Å²) in [7, 11) is 1.31. The Labute approximate surface area is 120 Å². The van der Waals surface area contributed by atoms with Crippen molar-refractivity contribution in [3.8, 4) is 0 Å². The highest BCUT2D eigenvalue weighted by Crippen LogP contribution is 2.24. The molecule has 104 valence electrons. The summed E-state index contributed by atoms with van der Waals surface area (Å²) in [5, 5.41) is 2.73. The minimum absolute atomic E-state index is 0.253. The van der Waals surface area contributed by atoms with Gasteiger partial charge in [0.2, 0.25) is 0 Å². The normalized spacial score (nSPS) is 10.1. The van der Waals surface area contributed by atoms with E-state index in [0.29, 0.717) is 21.8 Å². The molecule has 0 aliphatic carbocycles. The zero-order valence-corrected chi connectivity index (χ0v) is 11.9. The largest absolute Gasteiger partial charge is 0.465 e. The first kappa shape index (κ1) is 14.1. The van der Waals surface area contributed by atoms with Crippen LogP contribution in [0, 0.1) is 6.92 Å². The molecule has 0 fully saturated rings. The van der Waals surface area contributed by atoms with Crippen molar-refractivity contribution in [1.29, 1.82) is 0 Å². The molecule has 1 amide bonds. The van der Waals surface area contributed by atoms with Gasteiger partial charge in [0.15, 0.2) is 0 Å². The van der Waals surface area contributed by atoms with Crippen LogP contribution in [0.2, 0.25) is 0 Å². The Morgan fingerprint density at radius 1 is 1.30 bits per heavy atom. The van der Waals surface area contributed by atoms with E-state index in [-0.39, 0.29) is 5.91 Å². The van der Waals surface area contributed by atoms with E-state index >= 15 is 0 Å². The maximum absolute atomic E-state index is 12.1. The summed E-state index contributed by atoms with van der Waals surface area (Å²) in [6, 6.07) is 8.20. The lowest BCUT2D eigenvalue weighted by atomic mass is 10.2. The second kappa shape index (κ2) is 5.75. The summed E-state index contributed by atoms with van der Waals surface area (Å²) in [5.41, 5.74) is 7.24. The number of carbonyl (C=O) groups excluding carboxylic acids is 2. The van der Waals surface area contributed by atoms with Crippen LogP contribution in [-0.2, 0) is 4.74 Å². The van der Waals surface area contributed by atoms with Crippen molar-refractivity contribution >= 4 is 34.6 Å². The van der Waals surface area contributed by atoms with E-state index in [0.717, 1.165) is 4.88 Å². The number of rotatable bonds is 3. The van der Waals surface area contributed by atoms with Crippen LogP contribution < -0.4 is 11.1 Å². The molecule has 1 aromatic heterocycles. The van der Waals surface area contributed by atoms with E-state index in [1.54, 1.807) is 30.3 Å². The van der Waals surface area contributed by atoms with Crippen LogP contribution >= 0.6 is 11.3 Å². The number of amides is 1. The third-order valence-electron chi connectivity index (χ3n) is 2.72. The van der Waals surface area contributed by atoms with Gasteiger partial charge in [0.1, 0.15) is 0 Å². The second-order valence-corrected chi connectivity index (χ2v) is 5.41. The number of nitrogens with two attached hydrogens (primary N) is 1. The molecule has 5 nitrogen and oxygen atoms in total. The van der Waals surface area contributed by atoms with Gasteiger partial charge in [-0.15, -0.1) is 11.3 Å². The van der Waals surface area contributed by atoms with Crippen molar-refractivity contribution in [2.75, 3.05) is 18.2 Å². The average Bonchev–Trinajstić information content (AvgIpc) is 2.78. The van der Waals surface area contributed by atoms with Gasteiger partial charge in [-0.25, -0.2) is 4.79 Å². The maximum Gasteiger partial charge on any atom is 0.337 e. The van der Waals surface area contributed by atoms with Crippen molar-refractivity contribution in [2.24, 2.45) is 0 Å². The van der Waals surface area contributed by atoms with E-state index < -0.39 is 5.97 Å². The van der Waals surface area contributed by atoms with Gasteiger partial charge in [-0.3, -0.25) is 4.79 Å². The molecular weight excluding hydrogens is 276 g/mol. The number of thiophene rings is 1. The number of aryl methyl sites for hydroxylation is 1. The number of nitrogen functional groups attached to an aromatic ring is 1. The molecule has 0 radical (unpaired) electrons. The molecule has 3 N–H and O–H groups in total. The van der Waals surface area contributed by atoms with E-state index in [4.69, 9.17) is 5.73 Å². The summed E-state index contributed by atoms with van der Waals surface area (Å²) < 4.78 is 4.63. The topological polar surface area (TPSA) is 81.4 Å². The van der Waals surface area contributed by atoms with E-state index in [1.807, 2.05) is 6.92 Å². The van der Waals surface area contributed by atoms with Crippen LogP contribution in [-0.4, -0.2) is 19.0 Å². The Kier molecular flexibility index (Phi) is 4.05. The Bertz CT molecular complexity index is 645. The fraction of sp³-hybridized carbons (Fsp3) is 0.143. The number of benzene rings is 1. The molecule has 0 aliphatic heterocycles. The summed E-state index contributed by atoms with van der Waals surface area (Å²) in [4.78, 5) is 24.9. The molecule has 0 bridgehead atoms. The van der Waals surface area contributed by atoms with Gasteiger partial charge in [-0.05, 0) is 31.2 Å². The molecule has 2 rings (SSSR count). The number of esters is 1. The number of hydrogen-bond donors (Lipinski definition) is 2. The monoisotopic (exact) mass is 290 g/mol. The molecule has 6 heteroatoms. The van der Waals surface area contributed by atoms with E-state index in [2.05, 4.69) is 10.1 Å². The van der Waals surface area contributed by atoms with Crippen LogP contribution in [0.15, 0.2) is 30.3 Å². The number of carbonyl (C=O) groups is 2. The number of hydrogen-bond acceptors (Lipinski definition) is 5. The SMILES string of the molecule is COC(=O)c1cccc(NC(=O)c2cc(N)c(C)s2)c1. The van der Waals surface area contributed by atoms with Gasteiger partial charge in [0, 0.05) is 16.3 Å². The average molecular weight is 290 g/mol. The van der Waals surface area contributed by atoms with Crippen LogP contribution in [0.4, 0.5) is 11.4 Å². The highest BCUT2D eigenvalue weighted by Gasteiger charge is 2.12. The van der Waals surface area contributed by atoms with Crippen molar-refractivity contribution < 1.29 is 14.3 Å². The van der Waals surface area contributed by atoms with Crippen molar-refractivity contribution in [3.05, 3.63) is 45.6 Å². The van der Waals surface area contributed by atoms with Crippen molar-refractivity contribution in [1.82, 2.24) is 0 Å². The van der Waals surface area contributed by atoms with Crippen molar-refractivity contribution in [2.45, 2.75) is 6.92 Å². The molecule has 1 aromatic carbocycles.